The van der Waals surface area contributed by atoms with Gasteiger partial charge in [-0.25, -0.2) is 0 Å². The maximum Gasteiger partial charge on any atom is -0.0809 e. The van der Waals surface area contributed by atoms with E-state index in [1.807, 2.05) is 0 Å². The van der Waals surface area contributed by atoms with Gasteiger partial charge in [0.2, 0.25) is 0 Å². The molecule has 0 N–H and O–H groups in total. The van der Waals surface area contributed by atoms with Gasteiger partial charge in [0, 0.05) is 0 Å². The third kappa shape index (κ3) is 8.49. The van der Waals surface area contributed by atoms with E-state index in [-0.39, 0.29) is 7.92 Å². The molecule has 0 aromatic heterocycles. The molecule has 160 valence electrons. The quantitative estimate of drug-likeness (QED) is 0.137. The topological polar surface area (TPSA) is 0 Å². The van der Waals surface area contributed by atoms with E-state index in [1.54, 1.807) is 5.30 Å². The smallest absolute Gasteiger partial charge is 0.0809 e. The second-order valence-corrected chi connectivity index (χ2v) is 12.3. The van der Waals surface area contributed by atoms with Crippen LogP contribution >= 0.6 is 26.5 Å². The minimum atomic E-state index is -0.556. The van der Waals surface area contributed by atoms with Crippen LogP contribution in [0.1, 0.15) is 39.5 Å². The predicted octanol–water partition coefficient (Wildman–Crippen LogP) is 9.20. The average molecular weight is 493 g/mol. The van der Waals surface area contributed by atoms with Crippen LogP contribution in [0.5, 0.6) is 0 Å². The van der Waals surface area contributed by atoms with Crippen LogP contribution in [-0.2, 0) is 17.0 Å². The molecule has 0 unspecified atom stereocenters. The molecule has 0 bridgehead atoms. The second kappa shape index (κ2) is 15.2. The van der Waals surface area contributed by atoms with Crippen molar-refractivity contribution in [2.45, 2.75) is 39.5 Å². The predicted molar refractivity (Wildman–Crippen MR) is 137 cm³/mol. The standard InChI is InChI=1S/C17H24P.C9H7.2ClH.Ti/c1-3-5-11-18(12-6-4-2)17-13-15-9-7-8-10-16(15)14-17;1-2-5-9-7-3-6-8(9)4-1;;;/h7-10,13-14H,3-6,11-12H2,1-2H3;1-7H;2*1H;/q2*-1;;;+2/p-2. The van der Waals surface area contributed by atoms with E-state index in [9.17, 15) is 0 Å². The molecule has 0 aliphatic heterocycles. The van der Waals surface area contributed by atoms with Crippen molar-refractivity contribution in [3.63, 3.8) is 0 Å². The van der Waals surface area contributed by atoms with Crippen molar-refractivity contribution in [1.29, 1.82) is 0 Å². The minimum absolute atomic E-state index is 0.0856. The zero-order valence-corrected chi connectivity index (χ0v) is 21.9. The molecule has 4 aromatic carbocycles. The Hall–Kier alpha value is -0.616. The van der Waals surface area contributed by atoms with Crippen LogP contribution < -0.4 is 5.30 Å². The maximum atomic E-state index is 4.89. The van der Waals surface area contributed by atoms with Crippen LogP contribution in [0.25, 0.3) is 21.5 Å². The van der Waals surface area contributed by atoms with Crippen molar-refractivity contribution in [1.82, 2.24) is 0 Å². The molecule has 0 fully saturated rings. The summed E-state index contributed by atoms with van der Waals surface area (Å²) in [5, 5.41) is 7.14. The van der Waals surface area contributed by atoms with Gasteiger partial charge in [-0.2, -0.15) is 23.6 Å². The zero-order valence-electron chi connectivity index (χ0n) is 18.0. The van der Waals surface area contributed by atoms with E-state index in [0.717, 1.165) is 0 Å². The van der Waals surface area contributed by atoms with E-state index in [1.165, 1.54) is 59.6 Å². The first-order chi connectivity index (χ1) is 14.7. The summed E-state index contributed by atoms with van der Waals surface area (Å²) >= 11 is -0.556. The third-order valence-corrected chi connectivity index (χ3v) is 7.78. The summed E-state index contributed by atoms with van der Waals surface area (Å²) in [6, 6.07) is 28.3. The van der Waals surface area contributed by atoms with Crippen molar-refractivity contribution < 1.29 is 17.0 Å². The SMILES string of the molecule is CCCCP(CCCC)c1cc2ccccc2[cH-]1.[Cl][Ti][Cl].c1ccc2[cH-]ccc2c1. The Morgan fingerprint density at radius 3 is 1.93 bits per heavy atom. The van der Waals surface area contributed by atoms with Crippen molar-refractivity contribution in [2.24, 2.45) is 0 Å². The van der Waals surface area contributed by atoms with Gasteiger partial charge in [-0.05, 0) is 25.2 Å². The number of rotatable bonds is 7. The summed E-state index contributed by atoms with van der Waals surface area (Å²) in [7, 11) is 9.86. The number of unbranched alkanes of at least 4 members (excludes halogenated alkanes) is 2. The van der Waals surface area contributed by atoms with Gasteiger partial charge in [0.15, 0.2) is 0 Å². The molecule has 0 aliphatic carbocycles. The molecule has 0 atom stereocenters. The van der Waals surface area contributed by atoms with Crippen LogP contribution in [0.4, 0.5) is 0 Å². The number of hydrogen-bond donors (Lipinski definition) is 0. The number of hydrogen-bond acceptors (Lipinski definition) is 0. The molecule has 4 rings (SSSR count). The molecule has 0 aliphatic rings. The van der Waals surface area contributed by atoms with Gasteiger partial charge < -0.3 is 0 Å². The summed E-state index contributed by atoms with van der Waals surface area (Å²) in [6.45, 7) is 4.60. The summed E-state index contributed by atoms with van der Waals surface area (Å²) < 4.78 is 0. The fourth-order valence-electron chi connectivity index (χ4n) is 3.45. The van der Waals surface area contributed by atoms with E-state index < -0.39 is 17.0 Å². The van der Waals surface area contributed by atoms with E-state index in [2.05, 4.69) is 92.7 Å². The summed E-state index contributed by atoms with van der Waals surface area (Å²) in [5.74, 6) is 0. The first-order valence-electron chi connectivity index (χ1n) is 10.7. The van der Waals surface area contributed by atoms with Crippen molar-refractivity contribution in [3.8, 4) is 0 Å². The zero-order chi connectivity index (χ0) is 21.6. The van der Waals surface area contributed by atoms with Crippen LogP contribution in [0.3, 0.4) is 0 Å². The molecule has 0 saturated carbocycles. The fraction of sp³-hybridized carbons (Fsp3) is 0.308. The molecule has 0 nitrogen and oxygen atoms in total. The van der Waals surface area contributed by atoms with Gasteiger partial charge in [-0.1, -0.05) is 46.7 Å². The number of halogens is 2. The Bertz CT molecular complexity index is 888. The van der Waals surface area contributed by atoms with Gasteiger partial charge in [-0.3, -0.25) is 0 Å². The molecule has 4 aromatic rings. The second-order valence-electron chi connectivity index (χ2n) is 7.26. The van der Waals surface area contributed by atoms with Gasteiger partial charge in [-0.15, -0.1) is 70.0 Å². The molecule has 0 saturated heterocycles. The molecular weight excluding hydrogens is 462 g/mol. The Kier molecular flexibility index (Phi) is 13.0. The summed E-state index contributed by atoms with van der Waals surface area (Å²) in [5.41, 5.74) is 0. The summed E-state index contributed by atoms with van der Waals surface area (Å²) in [6.07, 6.45) is 8.26. The molecule has 30 heavy (non-hydrogen) atoms. The minimum Gasteiger partial charge on any atom is -0.168 e. The average Bonchev–Trinajstić information content (AvgIpc) is 3.41. The molecule has 0 spiro atoms. The number of benzene rings is 2. The molecule has 0 amide bonds. The van der Waals surface area contributed by atoms with Crippen molar-refractivity contribution >= 4 is 53.4 Å². The van der Waals surface area contributed by atoms with E-state index >= 15 is 0 Å². The molecule has 0 radical (unpaired) electrons. The van der Waals surface area contributed by atoms with Gasteiger partial charge >= 0.3 is 35.6 Å². The fourth-order valence-corrected chi connectivity index (χ4v) is 6.23. The van der Waals surface area contributed by atoms with Gasteiger partial charge in [0.25, 0.3) is 0 Å². The number of fused-ring (bicyclic) bond motifs is 2. The van der Waals surface area contributed by atoms with Crippen molar-refractivity contribution in [2.75, 3.05) is 12.3 Å². The van der Waals surface area contributed by atoms with Gasteiger partial charge in [0.05, 0.1) is 0 Å². The van der Waals surface area contributed by atoms with Crippen molar-refractivity contribution in [3.05, 3.63) is 78.9 Å². The monoisotopic (exact) mass is 492 g/mol. The normalized spacial score (nSPS) is 10.4. The molecule has 0 heterocycles. The first kappa shape index (κ1) is 25.6. The Balaban J connectivity index is 0.000000220. The Morgan fingerprint density at radius 1 is 0.800 bits per heavy atom. The van der Waals surface area contributed by atoms with Crippen LogP contribution in [0.2, 0.25) is 0 Å². The van der Waals surface area contributed by atoms with E-state index in [0.29, 0.717) is 0 Å². The maximum absolute atomic E-state index is 4.89. The summed E-state index contributed by atoms with van der Waals surface area (Å²) in [4.78, 5) is 0. The van der Waals surface area contributed by atoms with Gasteiger partial charge in [0.1, 0.15) is 0 Å². The van der Waals surface area contributed by atoms with Crippen LogP contribution in [-0.4, -0.2) is 12.3 Å². The Morgan fingerprint density at radius 2 is 1.37 bits per heavy atom. The van der Waals surface area contributed by atoms with E-state index in [4.69, 9.17) is 18.6 Å². The molecule has 4 heteroatoms. The first-order valence-corrected chi connectivity index (χ1v) is 16.7. The Labute approximate surface area is 200 Å². The largest absolute Gasteiger partial charge is 0.168 e. The van der Waals surface area contributed by atoms with Crippen LogP contribution in [0.15, 0.2) is 78.9 Å². The van der Waals surface area contributed by atoms with Crippen LogP contribution in [0, 0.1) is 0 Å². The third-order valence-electron chi connectivity index (χ3n) is 5.08. The molecular formula is C26H31Cl2PTi-2.